The van der Waals surface area contributed by atoms with Crippen molar-refractivity contribution in [3.05, 3.63) is 12.2 Å². The van der Waals surface area contributed by atoms with Crippen molar-refractivity contribution in [1.82, 2.24) is 0 Å². The number of rotatable bonds is 8. The highest BCUT2D eigenvalue weighted by atomic mass is 32.2. The van der Waals surface area contributed by atoms with Crippen molar-refractivity contribution < 1.29 is 29.0 Å². The Kier molecular flexibility index (Phi) is 8.71. The molecule has 6 nitrogen and oxygen atoms in total. The van der Waals surface area contributed by atoms with Crippen LogP contribution in [0.3, 0.4) is 0 Å². The number of fused-ring (bicyclic) bond motifs is 7. The van der Waals surface area contributed by atoms with Gasteiger partial charge in [0, 0.05) is 30.8 Å². The molecule has 0 aromatic heterocycles. The van der Waals surface area contributed by atoms with Gasteiger partial charge in [-0.1, -0.05) is 46.8 Å². The van der Waals surface area contributed by atoms with Gasteiger partial charge in [0.25, 0.3) is 0 Å². The first-order valence-corrected chi connectivity index (χ1v) is 18.0. The van der Waals surface area contributed by atoms with E-state index in [0.717, 1.165) is 75.7 Å². The van der Waals surface area contributed by atoms with E-state index in [1.807, 2.05) is 0 Å². The Labute approximate surface area is 263 Å². The van der Waals surface area contributed by atoms with Crippen molar-refractivity contribution in [3.8, 4) is 0 Å². The van der Waals surface area contributed by atoms with Crippen LogP contribution >= 0.6 is 11.8 Å². The first-order chi connectivity index (χ1) is 20.0. The van der Waals surface area contributed by atoms with Gasteiger partial charge < -0.3 is 14.6 Å². The second-order valence-corrected chi connectivity index (χ2v) is 17.4. The van der Waals surface area contributed by atoms with Crippen LogP contribution in [0.25, 0.3) is 0 Å². The van der Waals surface area contributed by atoms with E-state index in [1.54, 1.807) is 11.8 Å². The molecule has 242 valence electrons. The van der Waals surface area contributed by atoms with Crippen molar-refractivity contribution >= 4 is 29.7 Å². The van der Waals surface area contributed by atoms with Crippen LogP contribution in [0.2, 0.25) is 0 Å². The molecule has 5 aliphatic rings. The van der Waals surface area contributed by atoms with Crippen LogP contribution in [0.5, 0.6) is 0 Å². The number of carbonyl (C=O) groups is 3. The Hall–Kier alpha value is -1.50. The highest BCUT2D eigenvalue weighted by Crippen LogP contribution is 2.77. The van der Waals surface area contributed by atoms with E-state index in [9.17, 15) is 19.5 Å². The average molecular weight is 617 g/mol. The van der Waals surface area contributed by atoms with Crippen LogP contribution in [-0.2, 0) is 23.9 Å². The van der Waals surface area contributed by atoms with Crippen LogP contribution in [0.1, 0.15) is 113 Å². The average Bonchev–Trinajstić information content (AvgIpc) is 3.31. The highest BCUT2D eigenvalue weighted by Gasteiger charge is 2.72. The molecule has 0 unspecified atom stereocenters. The number of hydrogen-bond donors (Lipinski definition) is 1. The maximum Gasteiger partial charge on any atom is 0.309 e. The molecule has 0 aromatic carbocycles. The van der Waals surface area contributed by atoms with Crippen molar-refractivity contribution in [3.63, 3.8) is 0 Å². The Bertz CT molecular complexity index is 1150. The predicted molar refractivity (Wildman–Crippen MR) is 170 cm³/mol. The summed E-state index contributed by atoms with van der Waals surface area (Å²) in [6.07, 6.45) is 9.97. The van der Waals surface area contributed by atoms with Crippen molar-refractivity contribution in [2.45, 2.75) is 119 Å². The van der Waals surface area contributed by atoms with Crippen LogP contribution in [-0.4, -0.2) is 47.2 Å². The van der Waals surface area contributed by atoms with Gasteiger partial charge in [-0.05, 0) is 110 Å². The minimum Gasteiger partial charge on any atom is -0.481 e. The summed E-state index contributed by atoms with van der Waals surface area (Å²) < 4.78 is 11.0. The number of carboxylic acids is 1. The molecule has 0 radical (unpaired) electrons. The molecule has 0 heterocycles. The topological polar surface area (TPSA) is 89.9 Å². The van der Waals surface area contributed by atoms with E-state index in [-0.39, 0.29) is 51.5 Å². The summed E-state index contributed by atoms with van der Waals surface area (Å²) >= 11 is 1.74. The van der Waals surface area contributed by atoms with Crippen LogP contribution < -0.4 is 0 Å². The summed E-state index contributed by atoms with van der Waals surface area (Å²) in [5.74, 6) is 2.32. The van der Waals surface area contributed by atoms with E-state index in [2.05, 4.69) is 41.2 Å². The van der Waals surface area contributed by atoms with Gasteiger partial charge in [-0.25, -0.2) is 0 Å². The zero-order valence-corrected chi connectivity index (χ0v) is 28.6. The third-order valence-electron chi connectivity index (χ3n) is 14.5. The third kappa shape index (κ3) is 5.01. The van der Waals surface area contributed by atoms with Gasteiger partial charge >= 0.3 is 17.9 Å². The van der Waals surface area contributed by atoms with Gasteiger partial charge in [0.2, 0.25) is 0 Å². The molecule has 7 heteroatoms. The van der Waals surface area contributed by atoms with E-state index in [0.29, 0.717) is 24.4 Å². The lowest BCUT2D eigenvalue weighted by molar-refractivity contribution is -0.250. The standard InChI is InChI=1S/C36H56O6S/c1-22(21-43-20-19-41-23(2)37)25-11-16-36(31(39)40)18-17-34(7)26(30(25)36)9-10-28-33(6)14-13-29(42-24(3)38)32(4,5)27(33)12-15-35(28,34)8/h25-30H,1,9-21H2,2-8H3,(H,39,40)/t25-,26+,27-,28+,29-,30+,33-,34+,35+,36-/m0/s1. The van der Waals surface area contributed by atoms with Gasteiger partial charge in [0.05, 0.1) is 5.41 Å². The number of carbonyl (C=O) groups excluding carboxylic acids is 2. The van der Waals surface area contributed by atoms with E-state index in [4.69, 9.17) is 9.47 Å². The number of aliphatic carboxylic acids is 1. The lowest BCUT2D eigenvalue weighted by Gasteiger charge is -2.72. The molecule has 0 amide bonds. The third-order valence-corrected chi connectivity index (χ3v) is 15.5. The molecule has 5 fully saturated rings. The maximum absolute atomic E-state index is 13.1. The Balaban J connectivity index is 1.42. The summed E-state index contributed by atoms with van der Waals surface area (Å²) in [5, 5.41) is 10.8. The molecule has 5 saturated carbocycles. The molecule has 1 N–H and O–H groups in total. The first kappa shape index (κ1) is 32.9. The molecule has 0 spiro atoms. The largest absolute Gasteiger partial charge is 0.481 e. The van der Waals surface area contributed by atoms with Gasteiger partial charge in [0.1, 0.15) is 12.7 Å². The number of thioether (sulfide) groups is 1. The molecule has 10 atom stereocenters. The highest BCUT2D eigenvalue weighted by molar-refractivity contribution is 7.99. The fourth-order valence-electron chi connectivity index (χ4n) is 12.4. The van der Waals surface area contributed by atoms with E-state index in [1.165, 1.54) is 19.4 Å². The molecule has 0 bridgehead atoms. The lowest BCUT2D eigenvalue weighted by atomic mass is 9.32. The van der Waals surface area contributed by atoms with Gasteiger partial charge in [-0.3, -0.25) is 14.4 Å². The quantitative estimate of drug-likeness (QED) is 0.168. The first-order valence-electron chi connectivity index (χ1n) is 16.8. The molecular formula is C36H56O6S. The minimum atomic E-state index is -0.644. The number of esters is 2. The molecule has 0 aromatic rings. The maximum atomic E-state index is 13.1. The predicted octanol–water partition coefficient (Wildman–Crippen LogP) is 7.94. The summed E-state index contributed by atoms with van der Waals surface area (Å²) in [5.41, 5.74) is 0.871. The zero-order valence-electron chi connectivity index (χ0n) is 27.8. The van der Waals surface area contributed by atoms with Gasteiger partial charge in [0.15, 0.2) is 0 Å². The molecule has 5 rings (SSSR count). The van der Waals surface area contributed by atoms with Crippen LogP contribution in [0.4, 0.5) is 0 Å². The Morgan fingerprint density at radius 1 is 0.837 bits per heavy atom. The van der Waals surface area contributed by atoms with Crippen LogP contribution in [0, 0.1) is 56.7 Å². The molecule has 5 aliphatic carbocycles. The summed E-state index contributed by atoms with van der Waals surface area (Å²) in [6.45, 7) is 20.3. The number of ether oxygens (including phenoxy) is 2. The molecule has 43 heavy (non-hydrogen) atoms. The van der Waals surface area contributed by atoms with E-state index >= 15 is 0 Å². The SMILES string of the molecule is C=C(CSCCOC(C)=O)[C@@H]1CC[C@]2(C(=O)O)CC[C@]3(C)[C@H](CC[C@@H]4[C@@]5(C)CC[C@H](OC(C)=O)C(C)(C)[C@@H]5CC[C@]43C)[C@@H]12. The minimum absolute atomic E-state index is 0.0256. The van der Waals surface area contributed by atoms with Crippen molar-refractivity contribution in [1.29, 1.82) is 0 Å². The van der Waals surface area contributed by atoms with Crippen molar-refractivity contribution in [2.24, 2.45) is 56.7 Å². The van der Waals surface area contributed by atoms with Crippen LogP contribution in [0.15, 0.2) is 12.2 Å². The lowest BCUT2D eigenvalue weighted by Crippen LogP contribution is -2.67. The molecular weight excluding hydrogens is 560 g/mol. The normalized spacial score (nSPS) is 44.6. The molecule has 0 saturated heterocycles. The second-order valence-electron chi connectivity index (χ2n) is 16.3. The fourth-order valence-corrected chi connectivity index (χ4v) is 13.2. The van der Waals surface area contributed by atoms with Crippen molar-refractivity contribution in [2.75, 3.05) is 18.1 Å². The smallest absolute Gasteiger partial charge is 0.309 e. The Morgan fingerprint density at radius 3 is 2.21 bits per heavy atom. The summed E-state index contributed by atoms with van der Waals surface area (Å²) in [7, 11) is 0. The summed E-state index contributed by atoms with van der Waals surface area (Å²) in [6, 6.07) is 0. The Morgan fingerprint density at radius 2 is 1.56 bits per heavy atom. The second kappa shape index (κ2) is 11.4. The van der Waals surface area contributed by atoms with Gasteiger partial charge in [-0.15, -0.1) is 0 Å². The zero-order chi connectivity index (χ0) is 31.6. The summed E-state index contributed by atoms with van der Waals surface area (Å²) in [4.78, 5) is 36.3. The van der Waals surface area contributed by atoms with E-state index < -0.39 is 11.4 Å². The molecule has 0 aliphatic heterocycles. The van der Waals surface area contributed by atoms with Gasteiger partial charge in [-0.2, -0.15) is 11.8 Å². The number of hydrogen-bond acceptors (Lipinski definition) is 6. The fraction of sp³-hybridized carbons (Fsp3) is 0.861. The monoisotopic (exact) mass is 616 g/mol. The number of carboxylic acid groups (broad SMARTS) is 1.